The van der Waals surface area contributed by atoms with Crippen molar-refractivity contribution < 1.29 is 14.6 Å². The average Bonchev–Trinajstić information content (AvgIpc) is 2.29. The zero-order valence-electron chi connectivity index (χ0n) is 12.4. The minimum absolute atomic E-state index is 0.0424. The van der Waals surface area contributed by atoms with E-state index in [1.807, 2.05) is 6.07 Å². The summed E-state index contributed by atoms with van der Waals surface area (Å²) in [7, 11) is 1.61. The van der Waals surface area contributed by atoms with Gasteiger partial charge in [0.15, 0.2) is 0 Å². The highest BCUT2D eigenvalue weighted by Crippen LogP contribution is 2.32. The predicted octanol–water partition coefficient (Wildman–Crippen LogP) is 2.82. The van der Waals surface area contributed by atoms with Crippen LogP contribution < -0.4 is 4.74 Å². The van der Waals surface area contributed by atoms with Crippen LogP contribution in [0.2, 0.25) is 0 Å². The van der Waals surface area contributed by atoms with Gasteiger partial charge in [0, 0.05) is 13.5 Å². The topological polar surface area (TPSA) is 38.7 Å². The summed E-state index contributed by atoms with van der Waals surface area (Å²) in [5.41, 5.74) is 2.57. The lowest BCUT2D eigenvalue weighted by Crippen LogP contribution is -2.54. The van der Waals surface area contributed by atoms with Crippen molar-refractivity contribution >= 4 is 0 Å². The number of hydrogen-bond acceptors (Lipinski definition) is 3. The molecule has 2 rings (SSSR count). The average molecular weight is 264 g/mol. The molecule has 0 aromatic heterocycles. The fraction of sp³-hybridized carbons (Fsp3) is 0.625. The number of aliphatic hydroxyl groups excluding tert-OH is 1. The summed E-state index contributed by atoms with van der Waals surface area (Å²) in [6.45, 7) is 8.66. The van der Waals surface area contributed by atoms with Gasteiger partial charge >= 0.3 is 0 Å². The van der Waals surface area contributed by atoms with Crippen molar-refractivity contribution in [2.45, 2.75) is 57.8 Å². The smallest absolute Gasteiger partial charge is 0.130 e. The Bertz CT molecular complexity index is 448. The molecule has 1 aliphatic carbocycles. The molecule has 0 amide bonds. The largest absolute Gasteiger partial charge is 0.487 e. The Morgan fingerprint density at radius 2 is 1.95 bits per heavy atom. The molecule has 3 atom stereocenters. The number of benzene rings is 1. The maximum absolute atomic E-state index is 9.57. The third-order valence-corrected chi connectivity index (χ3v) is 3.81. The number of ether oxygens (including phenoxy) is 2. The van der Waals surface area contributed by atoms with Gasteiger partial charge in [0.05, 0.1) is 6.10 Å². The molecular weight excluding hydrogens is 240 g/mol. The molecular formula is C16H24O3. The Labute approximate surface area is 115 Å². The van der Waals surface area contributed by atoms with E-state index in [0.717, 1.165) is 11.3 Å². The Morgan fingerprint density at radius 1 is 1.26 bits per heavy atom. The van der Waals surface area contributed by atoms with E-state index < -0.39 is 6.10 Å². The molecule has 0 heterocycles. The fourth-order valence-corrected chi connectivity index (χ4v) is 2.39. The second kappa shape index (κ2) is 5.14. The van der Waals surface area contributed by atoms with Crippen LogP contribution in [0.15, 0.2) is 18.2 Å². The van der Waals surface area contributed by atoms with Crippen LogP contribution in [0.3, 0.4) is 0 Å². The first-order valence-corrected chi connectivity index (χ1v) is 6.81. The molecule has 106 valence electrons. The van der Waals surface area contributed by atoms with Gasteiger partial charge in [-0.2, -0.15) is 0 Å². The lowest BCUT2D eigenvalue weighted by atomic mass is 9.86. The molecule has 0 radical (unpaired) electrons. The van der Waals surface area contributed by atoms with Gasteiger partial charge < -0.3 is 14.6 Å². The van der Waals surface area contributed by atoms with E-state index in [0.29, 0.717) is 6.42 Å². The SMILES string of the molecule is COC1C(O)CC1Oc1ccc(C(C)(C)C)cc1C. The van der Waals surface area contributed by atoms with E-state index in [4.69, 9.17) is 9.47 Å². The summed E-state index contributed by atoms with van der Waals surface area (Å²) in [5.74, 6) is 0.881. The van der Waals surface area contributed by atoms with Gasteiger partial charge in [0.2, 0.25) is 0 Å². The molecule has 0 spiro atoms. The maximum atomic E-state index is 9.57. The first-order valence-electron chi connectivity index (χ1n) is 6.81. The highest BCUT2D eigenvalue weighted by molar-refractivity contribution is 5.39. The highest BCUT2D eigenvalue weighted by atomic mass is 16.6. The van der Waals surface area contributed by atoms with Crippen molar-refractivity contribution in [1.29, 1.82) is 0 Å². The lowest BCUT2D eigenvalue weighted by Gasteiger charge is -2.40. The van der Waals surface area contributed by atoms with Crippen LogP contribution in [0.5, 0.6) is 5.75 Å². The van der Waals surface area contributed by atoms with Gasteiger partial charge in [0.1, 0.15) is 18.0 Å². The van der Waals surface area contributed by atoms with Gasteiger partial charge in [-0.15, -0.1) is 0 Å². The van der Waals surface area contributed by atoms with E-state index in [2.05, 4.69) is 39.8 Å². The summed E-state index contributed by atoms with van der Waals surface area (Å²) in [6.07, 6.45) is -0.0103. The van der Waals surface area contributed by atoms with E-state index in [1.165, 1.54) is 5.56 Å². The first kappa shape index (κ1) is 14.4. The molecule has 0 aliphatic heterocycles. The second-order valence-electron chi connectivity index (χ2n) is 6.39. The Morgan fingerprint density at radius 3 is 2.42 bits per heavy atom. The third-order valence-electron chi connectivity index (χ3n) is 3.81. The van der Waals surface area contributed by atoms with E-state index in [-0.39, 0.29) is 17.6 Å². The predicted molar refractivity (Wildman–Crippen MR) is 75.7 cm³/mol. The molecule has 3 nitrogen and oxygen atoms in total. The highest BCUT2D eigenvalue weighted by Gasteiger charge is 2.42. The van der Waals surface area contributed by atoms with Crippen LogP contribution in [0.1, 0.15) is 38.3 Å². The zero-order chi connectivity index (χ0) is 14.2. The molecule has 1 fully saturated rings. The number of rotatable bonds is 3. The standard InChI is InChI=1S/C16H24O3/c1-10-8-11(16(2,3)4)6-7-13(10)19-14-9-12(17)15(14)18-5/h6-8,12,14-15,17H,9H2,1-5H3. The van der Waals surface area contributed by atoms with Crippen LogP contribution in [-0.4, -0.2) is 30.5 Å². The second-order valence-corrected chi connectivity index (χ2v) is 6.39. The van der Waals surface area contributed by atoms with Crippen LogP contribution in [0, 0.1) is 6.92 Å². The number of hydrogen-bond donors (Lipinski definition) is 1. The van der Waals surface area contributed by atoms with Gasteiger partial charge in [-0.3, -0.25) is 0 Å². The van der Waals surface area contributed by atoms with Crippen molar-refractivity contribution in [3.8, 4) is 5.75 Å². The van der Waals surface area contributed by atoms with Crippen molar-refractivity contribution in [2.24, 2.45) is 0 Å². The molecule has 1 saturated carbocycles. The van der Waals surface area contributed by atoms with Gasteiger partial charge in [-0.1, -0.05) is 32.9 Å². The molecule has 1 aliphatic rings. The summed E-state index contributed by atoms with van der Waals surface area (Å²) in [4.78, 5) is 0. The van der Waals surface area contributed by atoms with Crippen molar-refractivity contribution in [3.63, 3.8) is 0 Å². The van der Waals surface area contributed by atoms with Crippen molar-refractivity contribution in [3.05, 3.63) is 29.3 Å². The van der Waals surface area contributed by atoms with Gasteiger partial charge in [-0.05, 0) is 29.5 Å². The number of aryl methyl sites for hydroxylation is 1. The molecule has 1 aromatic rings. The molecule has 3 heteroatoms. The normalized spacial score (nSPS) is 26.9. The third kappa shape index (κ3) is 2.93. The van der Waals surface area contributed by atoms with Gasteiger partial charge in [-0.25, -0.2) is 0 Å². The van der Waals surface area contributed by atoms with Crippen LogP contribution in [-0.2, 0) is 10.2 Å². The van der Waals surface area contributed by atoms with Crippen LogP contribution >= 0.6 is 0 Å². The molecule has 1 N–H and O–H groups in total. The summed E-state index contributed by atoms with van der Waals surface area (Å²) in [6, 6.07) is 6.30. The monoisotopic (exact) mass is 264 g/mol. The Balaban J connectivity index is 2.10. The summed E-state index contributed by atoms with van der Waals surface area (Å²) in [5, 5.41) is 9.57. The molecule has 3 unspecified atom stereocenters. The van der Waals surface area contributed by atoms with Crippen LogP contribution in [0.4, 0.5) is 0 Å². The minimum Gasteiger partial charge on any atom is -0.487 e. The fourth-order valence-electron chi connectivity index (χ4n) is 2.39. The lowest BCUT2D eigenvalue weighted by molar-refractivity contribution is -0.149. The quantitative estimate of drug-likeness (QED) is 0.912. The molecule has 0 saturated heterocycles. The first-order chi connectivity index (χ1) is 8.82. The Hall–Kier alpha value is -1.06. The number of aliphatic hydroxyl groups is 1. The van der Waals surface area contributed by atoms with Crippen LogP contribution in [0.25, 0.3) is 0 Å². The van der Waals surface area contributed by atoms with Crippen molar-refractivity contribution in [1.82, 2.24) is 0 Å². The summed E-state index contributed by atoms with van der Waals surface area (Å²) < 4.78 is 11.2. The van der Waals surface area contributed by atoms with E-state index >= 15 is 0 Å². The van der Waals surface area contributed by atoms with Gasteiger partial charge in [0.25, 0.3) is 0 Å². The molecule has 19 heavy (non-hydrogen) atoms. The van der Waals surface area contributed by atoms with Crippen molar-refractivity contribution in [2.75, 3.05) is 7.11 Å². The Kier molecular flexibility index (Phi) is 3.88. The zero-order valence-corrected chi connectivity index (χ0v) is 12.4. The number of methoxy groups -OCH3 is 1. The molecule has 0 bridgehead atoms. The van der Waals surface area contributed by atoms with E-state index in [1.54, 1.807) is 7.11 Å². The summed E-state index contributed by atoms with van der Waals surface area (Å²) >= 11 is 0. The van der Waals surface area contributed by atoms with E-state index in [9.17, 15) is 5.11 Å². The molecule has 1 aromatic carbocycles. The minimum atomic E-state index is -0.399. The maximum Gasteiger partial charge on any atom is 0.130 e.